The first-order chi connectivity index (χ1) is 7.47. The summed E-state index contributed by atoms with van der Waals surface area (Å²) < 4.78 is -0.462. The van der Waals surface area contributed by atoms with Gasteiger partial charge in [-0.25, -0.2) is 0 Å². The number of azide groups is 1. The van der Waals surface area contributed by atoms with Crippen LogP contribution in [0.4, 0.5) is 17.3 Å². The van der Waals surface area contributed by atoms with Crippen LogP contribution < -0.4 is 4.73 Å². The smallest absolute Gasteiger partial charge is 0.518 e. The number of rotatable bonds is 3. The van der Waals surface area contributed by atoms with E-state index in [1.54, 1.807) is 0 Å². The molecule has 0 aromatic carbocycles. The van der Waals surface area contributed by atoms with Crippen LogP contribution in [0.3, 0.4) is 0 Å². The molecule has 1 aromatic rings. The van der Waals surface area contributed by atoms with Crippen molar-refractivity contribution >= 4 is 17.3 Å². The van der Waals surface area contributed by atoms with E-state index < -0.39 is 26.2 Å². The fourth-order valence-corrected chi connectivity index (χ4v) is 0.904. The van der Waals surface area contributed by atoms with Gasteiger partial charge >= 0.3 is 11.6 Å². The minimum atomic E-state index is -1.11. The maximum absolute atomic E-state index is 11.1. The van der Waals surface area contributed by atoms with Crippen LogP contribution in [0.2, 0.25) is 0 Å². The van der Waals surface area contributed by atoms with Gasteiger partial charge < -0.3 is 5.21 Å². The molecule has 1 heterocycles. The van der Waals surface area contributed by atoms with E-state index in [4.69, 9.17) is 5.53 Å². The zero-order valence-corrected chi connectivity index (χ0v) is 7.38. The van der Waals surface area contributed by atoms with E-state index >= 15 is 0 Å². The molecule has 0 bridgehead atoms. The number of hydrogen-bond donors (Lipinski definition) is 0. The van der Waals surface area contributed by atoms with Crippen LogP contribution in [0.5, 0.6) is 0 Å². The largest absolute Gasteiger partial charge is 0.609 e. The van der Waals surface area contributed by atoms with Gasteiger partial charge in [-0.2, -0.15) is 0 Å². The normalized spacial score (nSPS) is 9.25. The Balaban J connectivity index is 3.56. The second-order valence-corrected chi connectivity index (χ2v) is 2.43. The first-order valence-electron chi connectivity index (χ1n) is 3.59. The van der Waals surface area contributed by atoms with Crippen molar-refractivity contribution in [2.24, 2.45) is 5.11 Å². The molecule has 11 heteroatoms. The van der Waals surface area contributed by atoms with Crippen molar-refractivity contribution in [2.45, 2.75) is 0 Å². The van der Waals surface area contributed by atoms with Gasteiger partial charge in [-0.1, -0.05) is 5.11 Å². The minimum absolute atomic E-state index is 0.381. The molecule has 0 unspecified atom stereocenters. The molecule has 0 amide bonds. The predicted molar refractivity (Wildman–Crippen MR) is 47.5 cm³/mol. The molecular formula is C5H2N6O5. The Kier molecular flexibility index (Phi) is 2.83. The fourth-order valence-electron chi connectivity index (χ4n) is 0.904. The van der Waals surface area contributed by atoms with Crippen molar-refractivity contribution in [2.75, 3.05) is 0 Å². The van der Waals surface area contributed by atoms with Gasteiger partial charge in [0.25, 0.3) is 0 Å². The Morgan fingerprint density at radius 1 is 1.25 bits per heavy atom. The standard InChI is InChI=1S/C5H2N6O5/c6-8-7-3-1-4(10(13)14)9(12)5(2-3)11(15)16/h1-2H. The van der Waals surface area contributed by atoms with Crippen LogP contribution in [0.15, 0.2) is 17.2 Å². The zero-order chi connectivity index (χ0) is 12.3. The zero-order valence-electron chi connectivity index (χ0n) is 7.38. The summed E-state index contributed by atoms with van der Waals surface area (Å²) in [6.07, 6.45) is 0. The van der Waals surface area contributed by atoms with E-state index in [-0.39, 0.29) is 5.69 Å². The summed E-state index contributed by atoms with van der Waals surface area (Å²) >= 11 is 0. The summed E-state index contributed by atoms with van der Waals surface area (Å²) in [5.41, 5.74) is 7.70. The second-order valence-electron chi connectivity index (χ2n) is 2.43. The van der Waals surface area contributed by atoms with Crippen molar-refractivity contribution < 1.29 is 14.6 Å². The number of pyridine rings is 1. The van der Waals surface area contributed by atoms with Crippen LogP contribution in [0, 0.1) is 25.4 Å². The first-order valence-corrected chi connectivity index (χ1v) is 3.59. The number of aromatic nitrogens is 1. The fraction of sp³-hybridized carbons (Fsp3) is 0. The van der Waals surface area contributed by atoms with Crippen molar-refractivity contribution in [1.29, 1.82) is 0 Å². The highest BCUT2D eigenvalue weighted by atomic mass is 16.6. The van der Waals surface area contributed by atoms with Gasteiger partial charge in [0.05, 0.1) is 17.8 Å². The van der Waals surface area contributed by atoms with Gasteiger partial charge in [-0.3, -0.25) is 20.2 Å². The van der Waals surface area contributed by atoms with Crippen LogP contribution in [-0.4, -0.2) is 9.85 Å². The molecule has 0 saturated heterocycles. The molecule has 16 heavy (non-hydrogen) atoms. The van der Waals surface area contributed by atoms with Gasteiger partial charge in [0, 0.05) is 4.91 Å². The first kappa shape index (κ1) is 11.1. The van der Waals surface area contributed by atoms with Crippen molar-refractivity contribution in [3.63, 3.8) is 0 Å². The van der Waals surface area contributed by atoms with Gasteiger partial charge in [0.1, 0.15) is 9.85 Å². The molecule has 82 valence electrons. The molecule has 0 saturated carbocycles. The summed E-state index contributed by atoms with van der Waals surface area (Å²) in [6, 6.07) is 1.28. The van der Waals surface area contributed by atoms with Crippen LogP contribution >= 0.6 is 0 Å². The quantitative estimate of drug-likeness (QED) is 0.143. The van der Waals surface area contributed by atoms with E-state index in [1.165, 1.54) is 0 Å². The predicted octanol–water partition coefficient (Wildman–Crippen LogP) is 1.08. The Labute approximate surface area is 86.0 Å². The Hall–Kier alpha value is -2.94. The minimum Gasteiger partial charge on any atom is -0.609 e. The maximum Gasteiger partial charge on any atom is 0.518 e. The lowest BCUT2D eigenvalue weighted by molar-refractivity contribution is -0.702. The highest BCUT2D eigenvalue weighted by Gasteiger charge is 2.30. The third-order valence-corrected chi connectivity index (χ3v) is 1.50. The molecule has 0 aliphatic rings. The third kappa shape index (κ3) is 1.93. The summed E-state index contributed by atoms with van der Waals surface area (Å²) in [5, 5.41) is 34.8. The second kappa shape index (κ2) is 4.06. The summed E-state index contributed by atoms with van der Waals surface area (Å²) in [5.74, 6) is -2.17. The van der Waals surface area contributed by atoms with Crippen LogP contribution in [0.1, 0.15) is 0 Å². The Morgan fingerprint density at radius 3 is 2.00 bits per heavy atom. The lowest BCUT2D eigenvalue weighted by atomic mass is 10.4. The molecule has 0 spiro atoms. The van der Waals surface area contributed by atoms with Crippen LogP contribution in [-0.2, 0) is 0 Å². The topological polar surface area (TPSA) is 162 Å². The molecule has 0 aliphatic carbocycles. The van der Waals surface area contributed by atoms with E-state index in [2.05, 4.69) is 10.0 Å². The average Bonchev–Trinajstić information content (AvgIpc) is 2.19. The monoisotopic (exact) mass is 226 g/mol. The third-order valence-electron chi connectivity index (χ3n) is 1.50. The highest BCUT2D eigenvalue weighted by Crippen LogP contribution is 2.21. The van der Waals surface area contributed by atoms with Crippen LogP contribution in [0.25, 0.3) is 10.4 Å². The van der Waals surface area contributed by atoms with Crippen molar-refractivity contribution in [3.8, 4) is 0 Å². The Morgan fingerprint density at radius 2 is 1.69 bits per heavy atom. The lowest BCUT2D eigenvalue weighted by Gasteiger charge is -1.98. The Bertz CT molecular complexity index is 485. The number of nitrogens with zero attached hydrogens (tertiary/aromatic N) is 6. The van der Waals surface area contributed by atoms with E-state index in [0.717, 1.165) is 0 Å². The molecule has 11 nitrogen and oxygen atoms in total. The van der Waals surface area contributed by atoms with Gasteiger partial charge in [-0.05, 0) is 10.3 Å². The molecule has 0 radical (unpaired) electrons. The van der Waals surface area contributed by atoms with E-state index in [9.17, 15) is 25.4 Å². The molecule has 0 atom stereocenters. The molecule has 1 aromatic heterocycles. The SMILES string of the molecule is [N-]=[N+]=Nc1cc([N+](=O)[O-])[n+]([O-])c([N+](=O)[O-])c1. The molecule has 0 N–H and O–H groups in total. The van der Waals surface area contributed by atoms with Crippen molar-refractivity contribution in [3.05, 3.63) is 48.0 Å². The van der Waals surface area contributed by atoms with Gasteiger partial charge in [0.2, 0.25) is 0 Å². The molecule has 0 fully saturated rings. The molecule has 1 rings (SSSR count). The summed E-state index contributed by atoms with van der Waals surface area (Å²) in [7, 11) is 0. The van der Waals surface area contributed by atoms with Crippen molar-refractivity contribution in [1.82, 2.24) is 0 Å². The molecule has 0 aliphatic heterocycles. The summed E-state index contributed by atoms with van der Waals surface area (Å²) in [4.78, 5) is 20.8. The maximum atomic E-state index is 11.1. The van der Waals surface area contributed by atoms with Gasteiger partial charge in [-0.15, -0.1) is 0 Å². The highest BCUT2D eigenvalue weighted by molar-refractivity contribution is 5.44. The van der Waals surface area contributed by atoms with E-state index in [0.29, 0.717) is 12.1 Å². The van der Waals surface area contributed by atoms with E-state index in [1.807, 2.05) is 0 Å². The number of nitro groups is 2. The van der Waals surface area contributed by atoms with Gasteiger partial charge in [0.15, 0.2) is 0 Å². The summed E-state index contributed by atoms with van der Waals surface area (Å²) in [6.45, 7) is 0. The average molecular weight is 226 g/mol. The lowest BCUT2D eigenvalue weighted by Crippen LogP contribution is -2.33. The molecular weight excluding hydrogens is 224 g/mol. The number of hydrogen-bond acceptors (Lipinski definition) is 6.